The van der Waals surface area contributed by atoms with Gasteiger partial charge in [-0.25, -0.2) is 39.9 Å². The molecule has 0 aliphatic carbocycles. The van der Waals surface area contributed by atoms with Gasteiger partial charge in [0.05, 0.1) is 0 Å². The molecular weight excluding hydrogens is 488 g/mol. The molecule has 16 nitrogen and oxygen atoms in total. The van der Waals surface area contributed by atoms with Crippen LogP contribution in [0.4, 0.5) is 11.6 Å². The first-order chi connectivity index (χ1) is 18.5. The van der Waals surface area contributed by atoms with Crippen molar-refractivity contribution in [2.24, 2.45) is 0 Å². The molecule has 0 amide bonds. The third-order valence-electron chi connectivity index (χ3n) is 5.21. The van der Waals surface area contributed by atoms with Crippen LogP contribution < -0.4 is 0 Å². The first-order valence-corrected chi connectivity index (χ1v) is 10.0. The van der Waals surface area contributed by atoms with Crippen LogP contribution in [-0.4, -0.2) is 49.8 Å². The van der Waals surface area contributed by atoms with Crippen molar-refractivity contribution < 1.29 is 0 Å². The monoisotopic (exact) mass is 488 g/mol. The molecule has 5 aromatic heterocycles. The Morgan fingerprint density at radius 3 is 0.842 bits per heavy atom. The summed E-state index contributed by atoms with van der Waals surface area (Å²) in [6, 6.07) is 7.11. The summed E-state index contributed by atoms with van der Waals surface area (Å²) in [6.45, 7) is 14.8. The molecule has 0 saturated heterocycles. The lowest BCUT2D eigenvalue weighted by Crippen LogP contribution is -2.04. The molecule has 0 aliphatic rings. The van der Waals surface area contributed by atoms with Crippen molar-refractivity contribution in [3.8, 4) is 24.3 Å². The third-order valence-corrected chi connectivity index (χ3v) is 5.21. The molecule has 0 unspecified atom stereocenters. The number of aromatic nitrogens is 10. The van der Waals surface area contributed by atoms with Gasteiger partial charge in [0.15, 0.2) is 45.4 Å². The van der Waals surface area contributed by atoms with Crippen LogP contribution in [0.15, 0.2) is 0 Å². The van der Waals surface area contributed by atoms with Gasteiger partial charge in [-0.3, -0.25) is 0 Å². The summed E-state index contributed by atoms with van der Waals surface area (Å²) in [4.78, 5) is 49.1. The van der Waals surface area contributed by atoms with E-state index in [-0.39, 0.29) is 90.1 Å². The van der Waals surface area contributed by atoms with Crippen LogP contribution in [0.2, 0.25) is 0 Å². The van der Waals surface area contributed by atoms with Crippen molar-refractivity contribution in [3.63, 3.8) is 0 Å². The summed E-state index contributed by atoms with van der Waals surface area (Å²) < 4.78 is 0. The number of benzene rings is 1. The van der Waals surface area contributed by atoms with Crippen molar-refractivity contribution in [2.75, 3.05) is 0 Å². The second kappa shape index (κ2) is 7.69. The smallest absolute Gasteiger partial charge is 0.294 e. The van der Waals surface area contributed by atoms with E-state index < -0.39 is 0 Å². The highest BCUT2D eigenvalue weighted by molar-refractivity contribution is 6.20. The average molecular weight is 488 g/mol. The first kappa shape index (κ1) is 21.4. The van der Waals surface area contributed by atoms with Crippen LogP contribution in [0, 0.1) is 58.5 Å². The maximum atomic E-state index is 9.34. The Morgan fingerprint density at radius 1 is 0.395 bits per heavy atom. The summed E-state index contributed by atoms with van der Waals surface area (Å²) in [5.41, 5.74) is -1.14. The molecule has 0 spiro atoms. The lowest BCUT2D eigenvalue weighted by atomic mass is 10.2. The third kappa shape index (κ3) is 2.84. The van der Waals surface area contributed by atoms with Gasteiger partial charge in [0.2, 0.25) is 11.0 Å². The Bertz CT molecular complexity index is 2200. The Hall–Kier alpha value is -7.14. The minimum Gasteiger partial charge on any atom is -0.370 e. The number of hydrogen-bond acceptors (Lipinski definition) is 14. The highest BCUT2D eigenvalue weighted by Crippen LogP contribution is 2.35. The van der Waals surface area contributed by atoms with E-state index in [0.29, 0.717) is 0 Å². The van der Waals surface area contributed by atoms with E-state index in [1.165, 1.54) is 0 Å². The van der Waals surface area contributed by atoms with Gasteiger partial charge in [-0.1, -0.05) is 13.1 Å². The van der Waals surface area contributed by atoms with Crippen LogP contribution in [-0.2, 0) is 0 Å². The fourth-order valence-electron chi connectivity index (χ4n) is 3.64. The van der Waals surface area contributed by atoms with Crippen molar-refractivity contribution in [3.05, 3.63) is 45.6 Å². The largest absolute Gasteiger partial charge is 0.370 e. The summed E-state index contributed by atoms with van der Waals surface area (Å²) in [6.07, 6.45) is 0. The maximum absolute atomic E-state index is 9.34. The zero-order chi connectivity index (χ0) is 26.6. The predicted molar refractivity (Wildman–Crippen MR) is 123 cm³/mol. The van der Waals surface area contributed by atoms with Gasteiger partial charge in [-0.05, 0) is 0 Å². The standard InChI is InChI=1S/C22N16/c1-27-17-18(28-2)34-12-11(33-17)13-15(37-21-19(35-13)29-7(3-23)9(5-25)31-21)16-14(12)36-20-22(38-16)32-10(6-26)8(4-24)30-20. The van der Waals surface area contributed by atoms with Crippen molar-refractivity contribution >= 4 is 67.3 Å². The zero-order valence-corrected chi connectivity index (χ0v) is 18.2. The van der Waals surface area contributed by atoms with E-state index >= 15 is 0 Å². The molecule has 0 atom stereocenters. The van der Waals surface area contributed by atoms with Crippen LogP contribution in [0.5, 0.6) is 0 Å². The van der Waals surface area contributed by atoms with E-state index in [4.69, 9.17) is 13.1 Å². The number of fused-ring (bicyclic) bond motifs is 8. The highest BCUT2D eigenvalue weighted by Gasteiger charge is 2.26. The molecule has 0 bridgehead atoms. The fourth-order valence-corrected chi connectivity index (χ4v) is 3.64. The van der Waals surface area contributed by atoms with E-state index in [1.807, 2.05) is 0 Å². The summed E-state index contributed by atoms with van der Waals surface area (Å²) >= 11 is 0. The number of nitrogens with zero attached hydrogens (tertiary/aromatic N) is 16. The molecule has 6 aromatic rings. The molecule has 168 valence electrons. The number of hydrogen-bond donors (Lipinski definition) is 0. The van der Waals surface area contributed by atoms with Crippen molar-refractivity contribution in [2.45, 2.75) is 0 Å². The SMILES string of the molecule is [C-]#[N+]c1nc2c(nc1[N+]#[C-])c1nc3nc(C#N)c(C#N)nc3nc1c1nc3nc(C#N)c(C#N)nc3nc21. The topological polar surface area (TPSA) is 233 Å². The van der Waals surface area contributed by atoms with Gasteiger partial charge in [0.1, 0.15) is 46.3 Å². The summed E-state index contributed by atoms with van der Waals surface area (Å²) in [7, 11) is 0. The lowest BCUT2D eigenvalue weighted by Gasteiger charge is -2.07. The van der Waals surface area contributed by atoms with Crippen molar-refractivity contribution in [1.82, 2.24) is 49.8 Å². The number of rotatable bonds is 0. The van der Waals surface area contributed by atoms with Gasteiger partial charge in [-0.15, -0.1) is 9.97 Å². The molecule has 0 fully saturated rings. The van der Waals surface area contributed by atoms with Gasteiger partial charge < -0.3 is 9.69 Å². The van der Waals surface area contributed by atoms with Crippen molar-refractivity contribution in [1.29, 1.82) is 21.0 Å². The second-order valence-electron chi connectivity index (χ2n) is 7.22. The molecule has 0 N–H and O–H groups in total. The Balaban J connectivity index is 1.90. The van der Waals surface area contributed by atoms with Gasteiger partial charge >= 0.3 is 0 Å². The minimum atomic E-state index is -0.294. The van der Waals surface area contributed by atoms with E-state index in [9.17, 15) is 21.0 Å². The average Bonchev–Trinajstić information content (AvgIpc) is 2.97. The normalized spacial score (nSPS) is 10.5. The summed E-state index contributed by atoms with van der Waals surface area (Å²) in [5, 5.41) is 37.4. The van der Waals surface area contributed by atoms with Crippen LogP contribution in [0.3, 0.4) is 0 Å². The highest BCUT2D eigenvalue weighted by atomic mass is 15.1. The Kier molecular flexibility index (Phi) is 4.33. The second-order valence-corrected chi connectivity index (χ2v) is 7.22. The molecule has 0 saturated carbocycles. The van der Waals surface area contributed by atoms with E-state index in [2.05, 4.69) is 59.5 Å². The minimum absolute atomic E-state index is 0.0285. The predicted octanol–water partition coefficient (Wildman–Crippen LogP) is 1.99. The molecule has 6 rings (SSSR count). The summed E-state index contributed by atoms with van der Waals surface area (Å²) in [5.74, 6) is -0.588. The van der Waals surface area contributed by atoms with Crippen LogP contribution in [0.25, 0.3) is 65.4 Å². The lowest BCUT2D eigenvalue weighted by molar-refractivity contribution is 1.13. The van der Waals surface area contributed by atoms with E-state index in [1.54, 1.807) is 24.3 Å². The Morgan fingerprint density at radius 2 is 0.632 bits per heavy atom. The first-order valence-electron chi connectivity index (χ1n) is 10.0. The molecule has 16 heteroatoms. The Labute approximate surface area is 208 Å². The van der Waals surface area contributed by atoms with E-state index in [0.717, 1.165) is 0 Å². The molecule has 0 radical (unpaired) electrons. The quantitative estimate of drug-likeness (QED) is 0.169. The van der Waals surface area contributed by atoms with Crippen LogP contribution in [0.1, 0.15) is 22.8 Å². The van der Waals surface area contributed by atoms with Gasteiger partial charge in [0, 0.05) is 0 Å². The maximum Gasteiger partial charge on any atom is 0.294 e. The van der Waals surface area contributed by atoms with Gasteiger partial charge in [0.25, 0.3) is 11.6 Å². The number of nitriles is 4. The molecule has 1 aromatic carbocycles. The molecule has 5 heterocycles. The zero-order valence-electron chi connectivity index (χ0n) is 18.2. The molecular formula is C22N16. The van der Waals surface area contributed by atoms with Gasteiger partial charge in [-0.2, -0.15) is 21.0 Å². The molecule has 38 heavy (non-hydrogen) atoms. The van der Waals surface area contributed by atoms with Crippen LogP contribution >= 0.6 is 0 Å². The fraction of sp³-hybridized carbons (Fsp3) is 0. The molecule has 0 aliphatic heterocycles.